The molecular formula is C30H33N5O4S. The SMILES string of the molecule is CC(=O)NCc1cccc(-c2ccc(C3OC(CSc4nnnn4C)C(C)C(c4ccc(CO)cc4)O3)cc2)c1. The third-order valence-corrected chi connectivity index (χ3v) is 8.17. The van der Waals surface area contributed by atoms with Gasteiger partial charge < -0.3 is 19.9 Å². The van der Waals surface area contributed by atoms with Crippen molar-refractivity contribution >= 4 is 17.7 Å². The Labute approximate surface area is 237 Å². The second-order valence-corrected chi connectivity index (χ2v) is 10.9. The molecule has 1 saturated heterocycles. The molecule has 2 N–H and O–H groups in total. The van der Waals surface area contributed by atoms with Crippen molar-refractivity contribution in [2.24, 2.45) is 13.0 Å². The number of carbonyl (C=O) groups excluding carboxylic acids is 1. The Bertz CT molecular complexity index is 1430. The van der Waals surface area contributed by atoms with Crippen LogP contribution in [0, 0.1) is 5.92 Å². The summed E-state index contributed by atoms with van der Waals surface area (Å²) in [5.74, 6) is 0.680. The summed E-state index contributed by atoms with van der Waals surface area (Å²) in [6.07, 6.45) is -0.866. The van der Waals surface area contributed by atoms with Crippen molar-refractivity contribution in [2.45, 2.75) is 50.7 Å². The number of ether oxygens (including phenoxy) is 2. The fourth-order valence-electron chi connectivity index (χ4n) is 4.73. The van der Waals surface area contributed by atoms with Crippen LogP contribution in [0.1, 0.15) is 48.5 Å². The third kappa shape index (κ3) is 6.59. The minimum Gasteiger partial charge on any atom is -0.392 e. The highest BCUT2D eigenvalue weighted by Gasteiger charge is 2.38. The molecule has 1 amide bonds. The van der Waals surface area contributed by atoms with E-state index >= 15 is 0 Å². The van der Waals surface area contributed by atoms with Crippen LogP contribution in [-0.4, -0.2) is 43.1 Å². The number of aryl methyl sites for hydroxylation is 1. The monoisotopic (exact) mass is 559 g/mol. The van der Waals surface area contributed by atoms with Gasteiger partial charge in [-0.05, 0) is 44.3 Å². The first-order chi connectivity index (χ1) is 19.4. The molecule has 40 heavy (non-hydrogen) atoms. The Hall–Kier alpha value is -3.57. The van der Waals surface area contributed by atoms with E-state index in [1.807, 2.05) is 55.6 Å². The Morgan fingerprint density at radius 2 is 1.75 bits per heavy atom. The Morgan fingerprint density at radius 3 is 2.42 bits per heavy atom. The number of nitrogens with zero attached hydrogens (tertiary/aromatic N) is 4. The summed E-state index contributed by atoms with van der Waals surface area (Å²) in [6, 6.07) is 24.2. The molecule has 1 fully saturated rings. The third-order valence-electron chi connectivity index (χ3n) is 7.07. The Kier molecular flexibility index (Phi) is 8.91. The van der Waals surface area contributed by atoms with Crippen LogP contribution >= 0.6 is 11.8 Å². The van der Waals surface area contributed by atoms with Crippen LogP contribution in [0.25, 0.3) is 11.1 Å². The standard InChI is InChI=1S/C30H33N5O4S/c1-19-27(18-40-30-32-33-34-35(30)3)38-29(39-28(19)24-9-7-21(17-36)8-10-24)25-13-11-23(12-14-25)26-6-4-5-22(15-26)16-31-20(2)37/h4-15,19,27-29,36H,16-18H2,1-3H3,(H,31,37). The summed E-state index contributed by atoms with van der Waals surface area (Å²) in [7, 11) is 1.82. The number of tetrazole rings is 1. The molecule has 4 unspecified atom stereocenters. The van der Waals surface area contributed by atoms with Gasteiger partial charge in [-0.15, -0.1) is 5.10 Å². The van der Waals surface area contributed by atoms with Crippen LogP contribution in [0.2, 0.25) is 0 Å². The largest absolute Gasteiger partial charge is 0.392 e. The maximum atomic E-state index is 11.3. The highest BCUT2D eigenvalue weighted by Crippen LogP contribution is 2.43. The molecule has 0 radical (unpaired) electrons. The second kappa shape index (κ2) is 12.7. The molecule has 0 aliphatic carbocycles. The summed E-state index contributed by atoms with van der Waals surface area (Å²) in [6.45, 7) is 4.15. The summed E-state index contributed by atoms with van der Waals surface area (Å²) < 4.78 is 14.8. The lowest BCUT2D eigenvalue weighted by molar-refractivity contribution is -0.268. The van der Waals surface area contributed by atoms with Crippen molar-refractivity contribution < 1.29 is 19.4 Å². The molecule has 2 heterocycles. The maximum Gasteiger partial charge on any atom is 0.217 e. The van der Waals surface area contributed by atoms with Gasteiger partial charge in [-0.3, -0.25) is 4.79 Å². The number of carbonyl (C=O) groups is 1. The van der Waals surface area contributed by atoms with Crippen LogP contribution in [0.3, 0.4) is 0 Å². The number of aliphatic hydroxyl groups excluding tert-OH is 1. The first kappa shape index (κ1) is 28.0. The molecule has 1 aliphatic rings. The molecule has 4 aromatic rings. The average molecular weight is 560 g/mol. The van der Waals surface area contributed by atoms with E-state index in [9.17, 15) is 9.90 Å². The quantitative estimate of drug-likeness (QED) is 0.287. The van der Waals surface area contributed by atoms with Gasteiger partial charge in [-0.2, -0.15) is 0 Å². The van der Waals surface area contributed by atoms with Crippen LogP contribution in [-0.2, 0) is 34.5 Å². The van der Waals surface area contributed by atoms with Gasteiger partial charge in [0.1, 0.15) is 0 Å². The molecule has 1 aromatic heterocycles. The predicted molar refractivity (Wildman–Crippen MR) is 152 cm³/mol. The van der Waals surface area contributed by atoms with Gasteiger partial charge in [0, 0.05) is 37.8 Å². The van der Waals surface area contributed by atoms with E-state index in [4.69, 9.17) is 9.47 Å². The van der Waals surface area contributed by atoms with Gasteiger partial charge in [0.05, 0.1) is 18.8 Å². The van der Waals surface area contributed by atoms with Crippen LogP contribution in [0.5, 0.6) is 0 Å². The molecule has 1 aliphatic heterocycles. The molecule has 10 heteroatoms. The predicted octanol–water partition coefficient (Wildman–Crippen LogP) is 4.59. The molecule has 3 aromatic carbocycles. The van der Waals surface area contributed by atoms with Crippen molar-refractivity contribution in [1.29, 1.82) is 0 Å². The van der Waals surface area contributed by atoms with Gasteiger partial charge in [-0.25, -0.2) is 4.68 Å². The smallest absolute Gasteiger partial charge is 0.217 e. The number of aromatic nitrogens is 4. The van der Waals surface area contributed by atoms with Crippen LogP contribution < -0.4 is 5.32 Å². The first-order valence-corrected chi connectivity index (χ1v) is 14.2. The lowest BCUT2D eigenvalue weighted by Gasteiger charge is -2.41. The van der Waals surface area contributed by atoms with Crippen molar-refractivity contribution in [3.8, 4) is 11.1 Å². The zero-order valence-corrected chi connectivity index (χ0v) is 23.5. The number of aliphatic hydroxyl groups is 1. The van der Waals surface area contributed by atoms with Crippen molar-refractivity contribution in [3.05, 3.63) is 95.1 Å². The van der Waals surface area contributed by atoms with E-state index in [1.165, 1.54) is 6.92 Å². The van der Waals surface area contributed by atoms with Gasteiger partial charge in [-0.1, -0.05) is 85.4 Å². The van der Waals surface area contributed by atoms with E-state index < -0.39 is 6.29 Å². The molecule has 0 saturated carbocycles. The first-order valence-electron chi connectivity index (χ1n) is 13.2. The normalized spacial score (nSPS) is 20.8. The van der Waals surface area contributed by atoms with E-state index in [0.717, 1.165) is 38.5 Å². The fourth-order valence-corrected chi connectivity index (χ4v) is 5.74. The lowest BCUT2D eigenvalue weighted by atomic mass is 9.91. The zero-order valence-electron chi connectivity index (χ0n) is 22.7. The number of hydrogen-bond donors (Lipinski definition) is 2. The molecule has 208 valence electrons. The molecule has 0 bridgehead atoms. The maximum absolute atomic E-state index is 11.3. The summed E-state index contributed by atoms with van der Waals surface area (Å²) >= 11 is 1.56. The minimum absolute atomic E-state index is 0.000586. The number of hydrogen-bond acceptors (Lipinski definition) is 8. The highest BCUT2D eigenvalue weighted by molar-refractivity contribution is 7.99. The number of amides is 1. The summed E-state index contributed by atoms with van der Waals surface area (Å²) in [5, 5.41) is 24.8. The average Bonchev–Trinajstić information content (AvgIpc) is 3.40. The number of rotatable bonds is 9. The van der Waals surface area contributed by atoms with Crippen molar-refractivity contribution in [1.82, 2.24) is 25.5 Å². The topological polar surface area (TPSA) is 111 Å². The van der Waals surface area contributed by atoms with E-state index in [-0.39, 0.29) is 30.6 Å². The minimum atomic E-state index is -0.554. The van der Waals surface area contributed by atoms with Gasteiger partial charge in [0.2, 0.25) is 11.1 Å². The van der Waals surface area contributed by atoms with Gasteiger partial charge in [0.25, 0.3) is 0 Å². The molecular weight excluding hydrogens is 526 g/mol. The van der Waals surface area contributed by atoms with Gasteiger partial charge >= 0.3 is 0 Å². The fraction of sp³-hybridized carbons (Fsp3) is 0.333. The Balaban J connectivity index is 1.37. The molecule has 4 atom stereocenters. The number of thioether (sulfide) groups is 1. The number of benzene rings is 3. The molecule has 0 spiro atoms. The summed E-state index contributed by atoms with van der Waals surface area (Å²) in [5.41, 5.74) is 6.01. The molecule has 9 nitrogen and oxygen atoms in total. The van der Waals surface area contributed by atoms with Crippen molar-refractivity contribution in [3.63, 3.8) is 0 Å². The second-order valence-electron chi connectivity index (χ2n) is 9.95. The Morgan fingerprint density at radius 1 is 1.00 bits per heavy atom. The van der Waals surface area contributed by atoms with Gasteiger partial charge in [0.15, 0.2) is 6.29 Å². The van der Waals surface area contributed by atoms with E-state index in [0.29, 0.717) is 12.3 Å². The highest BCUT2D eigenvalue weighted by atomic mass is 32.2. The lowest BCUT2D eigenvalue weighted by Crippen LogP contribution is -2.38. The van der Waals surface area contributed by atoms with Crippen molar-refractivity contribution in [2.75, 3.05) is 5.75 Å². The van der Waals surface area contributed by atoms with E-state index in [1.54, 1.807) is 16.4 Å². The van der Waals surface area contributed by atoms with Crippen LogP contribution in [0.15, 0.2) is 78.0 Å². The molecule has 5 rings (SSSR count). The van der Waals surface area contributed by atoms with Crippen LogP contribution in [0.4, 0.5) is 0 Å². The van der Waals surface area contributed by atoms with E-state index in [2.05, 4.69) is 52.0 Å². The zero-order chi connectivity index (χ0) is 28.1. The summed E-state index contributed by atoms with van der Waals surface area (Å²) in [4.78, 5) is 11.3. The number of nitrogens with one attached hydrogen (secondary N) is 1.